The van der Waals surface area contributed by atoms with Crippen molar-refractivity contribution in [3.63, 3.8) is 0 Å². The normalized spacial score (nSPS) is 13.4. The van der Waals surface area contributed by atoms with Crippen LogP contribution in [0.2, 0.25) is 0 Å². The van der Waals surface area contributed by atoms with Gasteiger partial charge in [-0.15, -0.1) is 0 Å². The number of esters is 2. The summed E-state index contributed by atoms with van der Waals surface area (Å²) in [6.45, 7) is 11.5. The molecule has 2 rings (SSSR count). The van der Waals surface area contributed by atoms with Gasteiger partial charge in [0.1, 0.15) is 11.2 Å². The predicted octanol–water partition coefficient (Wildman–Crippen LogP) is 9.92. The minimum Gasteiger partial charge on any atom is -0.460 e. The lowest BCUT2D eigenvalue weighted by atomic mass is 9.76. The molecule has 4 heteroatoms. The van der Waals surface area contributed by atoms with Crippen LogP contribution in [-0.4, -0.2) is 23.1 Å². The summed E-state index contributed by atoms with van der Waals surface area (Å²) in [5.41, 5.74) is 2.00. The molecule has 0 spiro atoms. The molecule has 0 radical (unpaired) electrons. The van der Waals surface area contributed by atoms with E-state index in [4.69, 9.17) is 9.47 Å². The minimum atomic E-state index is -0.412. The van der Waals surface area contributed by atoms with E-state index in [1.807, 2.05) is 41.5 Å². The highest BCUT2D eigenvalue weighted by Crippen LogP contribution is 2.40. The van der Waals surface area contributed by atoms with Gasteiger partial charge in [0.15, 0.2) is 0 Å². The molecular weight excluding hydrogens is 496 g/mol. The van der Waals surface area contributed by atoms with Crippen LogP contribution in [0.15, 0.2) is 60.7 Å². The first-order chi connectivity index (χ1) is 18.9. The fraction of sp³-hybridized carbons (Fsp3) is 0.611. The predicted molar refractivity (Wildman–Crippen MR) is 165 cm³/mol. The van der Waals surface area contributed by atoms with Crippen LogP contribution < -0.4 is 0 Å². The van der Waals surface area contributed by atoms with Gasteiger partial charge in [-0.25, -0.2) is 0 Å². The fourth-order valence-electron chi connectivity index (χ4n) is 5.36. The molecule has 40 heavy (non-hydrogen) atoms. The van der Waals surface area contributed by atoms with Crippen LogP contribution in [0.25, 0.3) is 0 Å². The van der Waals surface area contributed by atoms with E-state index in [9.17, 15) is 9.59 Å². The molecule has 0 N–H and O–H groups in total. The molecule has 2 aromatic rings. The Morgan fingerprint density at radius 2 is 0.850 bits per heavy atom. The Hall–Kier alpha value is -2.62. The molecule has 0 saturated carbocycles. The highest BCUT2D eigenvalue weighted by molar-refractivity contribution is 5.70. The molecule has 0 fully saturated rings. The van der Waals surface area contributed by atoms with E-state index in [1.54, 1.807) is 0 Å². The molecule has 0 bridgehead atoms. The second kappa shape index (κ2) is 17.3. The fourth-order valence-corrected chi connectivity index (χ4v) is 5.36. The Morgan fingerprint density at radius 3 is 1.18 bits per heavy atom. The van der Waals surface area contributed by atoms with Crippen LogP contribution in [0.4, 0.5) is 0 Å². The molecule has 2 atom stereocenters. The first kappa shape index (κ1) is 33.6. The van der Waals surface area contributed by atoms with Gasteiger partial charge >= 0.3 is 11.9 Å². The van der Waals surface area contributed by atoms with Crippen molar-refractivity contribution in [2.45, 2.75) is 142 Å². The zero-order valence-electron chi connectivity index (χ0n) is 26.0. The summed E-state index contributed by atoms with van der Waals surface area (Å²) >= 11 is 0. The Labute approximate surface area is 244 Å². The van der Waals surface area contributed by atoms with Crippen LogP contribution in [-0.2, 0) is 19.1 Å². The first-order valence-corrected chi connectivity index (χ1v) is 15.5. The van der Waals surface area contributed by atoms with Gasteiger partial charge in [0.2, 0.25) is 0 Å². The third-order valence-electron chi connectivity index (χ3n) is 7.07. The van der Waals surface area contributed by atoms with Crippen molar-refractivity contribution in [2.24, 2.45) is 0 Å². The Kier molecular flexibility index (Phi) is 14.5. The van der Waals surface area contributed by atoms with E-state index in [2.05, 4.69) is 60.7 Å². The van der Waals surface area contributed by atoms with Gasteiger partial charge < -0.3 is 9.47 Å². The van der Waals surface area contributed by atoms with E-state index in [1.165, 1.54) is 11.1 Å². The maximum atomic E-state index is 12.0. The number of benzene rings is 2. The van der Waals surface area contributed by atoms with Crippen molar-refractivity contribution in [3.05, 3.63) is 71.8 Å². The van der Waals surface area contributed by atoms with E-state index >= 15 is 0 Å². The summed E-state index contributed by atoms with van der Waals surface area (Å²) < 4.78 is 10.9. The number of carbonyl (C=O) groups excluding carboxylic acids is 2. The van der Waals surface area contributed by atoms with Gasteiger partial charge in [-0.2, -0.15) is 0 Å². The Balaban J connectivity index is 1.93. The Bertz CT molecular complexity index is 888. The number of ether oxygens (including phenoxy) is 2. The number of unbranched alkanes of at least 4 members (excludes halogenated alkanes) is 6. The molecule has 0 aromatic heterocycles. The average Bonchev–Trinajstić information content (AvgIpc) is 2.87. The van der Waals surface area contributed by atoms with Crippen molar-refractivity contribution in [1.82, 2.24) is 0 Å². The number of hydrogen-bond acceptors (Lipinski definition) is 4. The molecule has 4 nitrogen and oxygen atoms in total. The van der Waals surface area contributed by atoms with Gasteiger partial charge in [0.05, 0.1) is 0 Å². The summed E-state index contributed by atoms with van der Waals surface area (Å²) in [5, 5.41) is 0. The SMILES string of the molecule is CC(C)(C)OC(=O)CCCCCCC(c1ccccc1)C(CCCCCCC(=O)OC(C)(C)C)c1ccccc1. The standard InChI is InChI=1S/C36H54O4/c1-35(2,3)39-33(37)27-19-9-7-17-25-31(29-21-13-11-14-22-29)32(30-23-15-12-16-24-30)26-18-8-10-20-28-34(38)40-36(4,5)6/h11-16,21-24,31-32H,7-10,17-20,25-28H2,1-6H3. The number of carbonyl (C=O) groups is 2. The molecule has 0 heterocycles. The van der Waals surface area contributed by atoms with Gasteiger partial charge in [0, 0.05) is 12.8 Å². The van der Waals surface area contributed by atoms with Gasteiger partial charge in [-0.3, -0.25) is 9.59 Å². The van der Waals surface area contributed by atoms with Gasteiger partial charge in [0.25, 0.3) is 0 Å². The zero-order chi connectivity index (χ0) is 29.4. The van der Waals surface area contributed by atoms with Gasteiger partial charge in [-0.05, 0) is 90.2 Å². The monoisotopic (exact) mass is 550 g/mol. The van der Waals surface area contributed by atoms with E-state index in [0.29, 0.717) is 24.7 Å². The highest BCUT2D eigenvalue weighted by Gasteiger charge is 2.24. The number of hydrogen-bond donors (Lipinski definition) is 0. The smallest absolute Gasteiger partial charge is 0.306 e. The van der Waals surface area contributed by atoms with Crippen molar-refractivity contribution in [2.75, 3.05) is 0 Å². The van der Waals surface area contributed by atoms with E-state index in [-0.39, 0.29) is 11.9 Å². The van der Waals surface area contributed by atoms with Crippen molar-refractivity contribution in [1.29, 1.82) is 0 Å². The van der Waals surface area contributed by atoms with Gasteiger partial charge in [-0.1, -0.05) is 99.2 Å². The molecular formula is C36H54O4. The lowest BCUT2D eigenvalue weighted by Gasteiger charge is -2.29. The maximum Gasteiger partial charge on any atom is 0.306 e. The quantitative estimate of drug-likeness (QED) is 0.145. The van der Waals surface area contributed by atoms with Crippen LogP contribution in [0.3, 0.4) is 0 Å². The van der Waals surface area contributed by atoms with Crippen LogP contribution in [0.5, 0.6) is 0 Å². The van der Waals surface area contributed by atoms with Crippen LogP contribution >= 0.6 is 0 Å². The average molecular weight is 551 g/mol. The summed E-state index contributed by atoms with van der Waals surface area (Å²) in [4.78, 5) is 24.1. The topological polar surface area (TPSA) is 52.6 Å². The summed E-state index contributed by atoms with van der Waals surface area (Å²) in [5.74, 6) is 0.724. The number of rotatable bonds is 17. The summed E-state index contributed by atoms with van der Waals surface area (Å²) in [6.07, 6.45) is 11.7. The van der Waals surface area contributed by atoms with Crippen molar-refractivity contribution < 1.29 is 19.1 Å². The zero-order valence-corrected chi connectivity index (χ0v) is 26.0. The molecule has 0 aliphatic carbocycles. The van der Waals surface area contributed by atoms with Crippen molar-refractivity contribution >= 4 is 11.9 Å². The second-order valence-electron chi connectivity index (χ2n) is 13.1. The minimum absolute atomic E-state index is 0.0927. The summed E-state index contributed by atoms with van der Waals surface area (Å²) in [7, 11) is 0. The molecule has 222 valence electrons. The molecule has 0 aliphatic rings. The van der Waals surface area contributed by atoms with E-state index < -0.39 is 11.2 Å². The lowest BCUT2D eigenvalue weighted by Crippen LogP contribution is -2.23. The highest BCUT2D eigenvalue weighted by atomic mass is 16.6. The second-order valence-corrected chi connectivity index (χ2v) is 13.1. The van der Waals surface area contributed by atoms with E-state index in [0.717, 1.165) is 64.2 Å². The molecule has 0 amide bonds. The first-order valence-electron chi connectivity index (χ1n) is 15.5. The Morgan fingerprint density at radius 1 is 0.525 bits per heavy atom. The maximum absolute atomic E-state index is 12.0. The molecule has 2 unspecified atom stereocenters. The third kappa shape index (κ3) is 14.7. The molecule has 0 saturated heterocycles. The van der Waals surface area contributed by atoms with Crippen molar-refractivity contribution in [3.8, 4) is 0 Å². The third-order valence-corrected chi connectivity index (χ3v) is 7.07. The largest absolute Gasteiger partial charge is 0.460 e. The molecule has 2 aromatic carbocycles. The summed E-state index contributed by atoms with van der Waals surface area (Å²) in [6, 6.07) is 21.9. The molecule has 0 aliphatic heterocycles. The van der Waals surface area contributed by atoms with Crippen LogP contribution in [0, 0.1) is 0 Å². The lowest BCUT2D eigenvalue weighted by molar-refractivity contribution is -0.156. The van der Waals surface area contributed by atoms with Crippen LogP contribution in [0.1, 0.15) is 142 Å².